The van der Waals surface area contributed by atoms with Crippen molar-refractivity contribution in [3.8, 4) is 0 Å². The Morgan fingerprint density at radius 2 is 1.26 bits per heavy atom. The van der Waals surface area contributed by atoms with E-state index in [1.807, 2.05) is 0 Å². The van der Waals surface area contributed by atoms with Crippen LogP contribution in [0.4, 0.5) is 0 Å². The highest BCUT2D eigenvalue weighted by molar-refractivity contribution is 9.09. The lowest BCUT2D eigenvalue weighted by atomic mass is 10.1. The number of hydrogen-bond acceptors (Lipinski definition) is 1. The fourth-order valence-corrected chi connectivity index (χ4v) is 2.58. The zero-order chi connectivity index (χ0) is 14.3. The topological polar surface area (TPSA) is 3.24 Å². The number of alkyl halides is 1. The molecule has 0 fully saturated rings. The molecule has 0 aromatic rings. The molecule has 0 N–H and O–H groups in total. The highest BCUT2D eigenvalue weighted by Crippen LogP contribution is 2.11. The molecular formula is C17H36BrN. The molecule has 0 aliphatic heterocycles. The summed E-state index contributed by atoms with van der Waals surface area (Å²) in [7, 11) is 2.25. The summed E-state index contributed by atoms with van der Waals surface area (Å²) in [5, 5.41) is 0. The summed E-state index contributed by atoms with van der Waals surface area (Å²) >= 11 is 3.61. The van der Waals surface area contributed by atoms with Crippen LogP contribution in [-0.4, -0.2) is 29.9 Å². The first-order valence-electron chi connectivity index (χ1n) is 8.49. The van der Waals surface area contributed by atoms with Crippen LogP contribution in [0.3, 0.4) is 0 Å². The van der Waals surface area contributed by atoms with Crippen molar-refractivity contribution in [3.05, 3.63) is 0 Å². The first-order chi connectivity index (χ1) is 9.16. The van der Waals surface area contributed by atoms with E-state index in [1.165, 1.54) is 83.7 Å². The maximum absolute atomic E-state index is 3.61. The van der Waals surface area contributed by atoms with E-state index in [1.54, 1.807) is 0 Å². The molecule has 2 heteroatoms. The third-order valence-electron chi connectivity index (χ3n) is 3.80. The fraction of sp³-hybridized carbons (Fsp3) is 1.00. The van der Waals surface area contributed by atoms with E-state index in [4.69, 9.17) is 0 Å². The molecule has 0 rings (SSSR count). The molecule has 0 spiro atoms. The van der Waals surface area contributed by atoms with E-state index in [0.717, 1.165) is 0 Å². The van der Waals surface area contributed by atoms with Crippen molar-refractivity contribution in [1.82, 2.24) is 4.90 Å². The highest BCUT2D eigenvalue weighted by Gasteiger charge is 2.01. The van der Waals surface area contributed by atoms with E-state index < -0.39 is 0 Å². The van der Waals surface area contributed by atoms with Crippen molar-refractivity contribution >= 4 is 15.9 Å². The Morgan fingerprint density at radius 1 is 0.789 bits per heavy atom. The largest absolute Gasteiger partial charge is 0.306 e. The minimum atomic E-state index is 0.655. The quantitative estimate of drug-likeness (QED) is 0.278. The number of hydrogen-bond donors (Lipinski definition) is 0. The van der Waals surface area contributed by atoms with Gasteiger partial charge in [-0.3, -0.25) is 0 Å². The van der Waals surface area contributed by atoms with Crippen LogP contribution in [0.5, 0.6) is 0 Å². The monoisotopic (exact) mass is 333 g/mol. The second-order valence-electron chi connectivity index (χ2n) is 6.05. The van der Waals surface area contributed by atoms with E-state index in [2.05, 4.69) is 41.7 Å². The zero-order valence-electron chi connectivity index (χ0n) is 13.6. The Hall–Kier alpha value is 0.440. The number of halogens is 1. The molecule has 1 nitrogen and oxygen atoms in total. The lowest BCUT2D eigenvalue weighted by Gasteiger charge is -2.17. The van der Waals surface area contributed by atoms with Crippen LogP contribution in [0.15, 0.2) is 0 Å². The maximum atomic E-state index is 3.61. The Morgan fingerprint density at radius 3 is 1.74 bits per heavy atom. The third-order valence-corrected chi connectivity index (χ3v) is 4.26. The normalized spacial score (nSPS) is 13.1. The first kappa shape index (κ1) is 19.4. The molecule has 1 atom stereocenters. The summed E-state index contributed by atoms with van der Waals surface area (Å²) in [4.78, 5) is 3.13. The molecule has 0 radical (unpaired) electrons. The molecule has 0 saturated heterocycles. The molecule has 19 heavy (non-hydrogen) atoms. The number of unbranched alkanes of at least 4 members (excludes halogenated alkanes) is 9. The molecular weight excluding hydrogens is 298 g/mol. The van der Waals surface area contributed by atoms with Crippen molar-refractivity contribution in [2.45, 2.75) is 89.3 Å². The van der Waals surface area contributed by atoms with Crippen molar-refractivity contribution in [3.63, 3.8) is 0 Å². The number of rotatable bonds is 14. The molecule has 0 saturated carbocycles. The van der Waals surface area contributed by atoms with Gasteiger partial charge in [-0.1, -0.05) is 87.6 Å². The van der Waals surface area contributed by atoms with Gasteiger partial charge in [0.2, 0.25) is 0 Å². The average molecular weight is 334 g/mol. The lowest BCUT2D eigenvalue weighted by Crippen LogP contribution is -2.22. The minimum absolute atomic E-state index is 0.655. The van der Waals surface area contributed by atoms with Crippen molar-refractivity contribution in [2.75, 3.05) is 20.1 Å². The van der Waals surface area contributed by atoms with Crippen molar-refractivity contribution in [1.29, 1.82) is 0 Å². The van der Waals surface area contributed by atoms with E-state index in [-0.39, 0.29) is 0 Å². The van der Waals surface area contributed by atoms with Crippen LogP contribution in [0.2, 0.25) is 0 Å². The predicted molar refractivity (Wildman–Crippen MR) is 92.3 cm³/mol. The van der Waals surface area contributed by atoms with Gasteiger partial charge in [-0.05, 0) is 33.0 Å². The third kappa shape index (κ3) is 16.4. The molecule has 0 amide bonds. The molecule has 0 aromatic carbocycles. The summed E-state index contributed by atoms with van der Waals surface area (Å²) < 4.78 is 0. The Labute approximate surface area is 130 Å². The SMILES string of the molecule is CCCCCCCCCCCCN(C)CCC(C)Br. The Bertz CT molecular complexity index is 171. The lowest BCUT2D eigenvalue weighted by molar-refractivity contribution is 0.320. The van der Waals surface area contributed by atoms with Gasteiger partial charge in [-0.15, -0.1) is 0 Å². The molecule has 0 aliphatic rings. The molecule has 1 unspecified atom stereocenters. The van der Waals surface area contributed by atoms with Gasteiger partial charge in [0.15, 0.2) is 0 Å². The van der Waals surface area contributed by atoms with Gasteiger partial charge in [-0.2, -0.15) is 0 Å². The van der Waals surface area contributed by atoms with Crippen molar-refractivity contribution in [2.24, 2.45) is 0 Å². The maximum Gasteiger partial charge on any atom is 0.0129 e. The summed E-state index contributed by atoms with van der Waals surface area (Å²) in [5.74, 6) is 0. The van der Waals surface area contributed by atoms with Crippen LogP contribution >= 0.6 is 15.9 Å². The van der Waals surface area contributed by atoms with E-state index >= 15 is 0 Å². The summed E-state index contributed by atoms with van der Waals surface area (Å²) in [5.41, 5.74) is 0. The van der Waals surface area contributed by atoms with Crippen LogP contribution in [-0.2, 0) is 0 Å². The van der Waals surface area contributed by atoms with Gasteiger partial charge in [0.05, 0.1) is 0 Å². The van der Waals surface area contributed by atoms with Gasteiger partial charge >= 0.3 is 0 Å². The Balaban J connectivity index is 3.09. The summed E-state index contributed by atoms with van der Waals surface area (Å²) in [6.07, 6.45) is 15.6. The van der Waals surface area contributed by atoms with E-state index in [0.29, 0.717) is 4.83 Å². The molecule has 0 aliphatic carbocycles. The van der Waals surface area contributed by atoms with Crippen LogP contribution in [0, 0.1) is 0 Å². The van der Waals surface area contributed by atoms with Gasteiger partial charge in [0, 0.05) is 4.83 Å². The van der Waals surface area contributed by atoms with Gasteiger partial charge in [0.1, 0.15) is 0 Å². The van der Waals surface area contributed by atoms with Crippen molar-refractivity contribution < 1.29 is 0 Å². The van der Waals surface area contributed by atoms with Crippen LogP contribution < -0.4 is 0 Å². The molecule has 0 heterocycles. The average Bonchev–Trinajstić information content (AvgIpc) is 2.38. The van der Waals surface area contributed by atoms with Gasteiger partial charge < -0.3 is 4.90 Å². The summed E-state index contributed by atoms with van der Waals surface area (Å²) in [6, 6.07) is 0. The standard InChI is InChI=1S/C17H36BrN/c1-4-5-6-7-8-9-10-11-12-13-15-19(3)16-14-17(2)18/h17H,4-16H2,1-3H3. The molecule has 116 valence electrons. The molecule has 0 bridgehead atoms. The van der Waals surface area contributed by atoms with Crippen LogP contribution in [0.25, 0.3) is 0 Å². The van der Waals surface area contributed by atoms with Gasteiger partial charge in [-0.25, -0.2) is 0 Å². The predicted octanol–water partition coefficient (Wildman–Crippen LogP) is 6.01. The zero-order valence-corrected chi connectivity index (χ0v) is 15.2. The van der Waals surface area contributed by atoms with E-state index in [9.17, 15) is 0 Å². The minimum Gasteiger partial charge on any atom is -0.306 e. The second-order valence-corrected chi connectivity index (χ2v) is 7.62. The highest BCUT2D eigenvalue weighted by atomic mass is 79.9. The van der Waals surface area contributed by atoms with Gasteiger partial charge in [0.25, 0.3) is 0 Å². The smallest absolute Gasteiger partial charge is 0.0129 e. The number of nitrogens with zero attached hydrogens (tertiary/aromatic N) is 1. The fourth-order valence-electron chi connectivity index (χ4n) is 2.38. The summed E-state index contributed by atoms with van der Waals surface area (Å²) in [6.45, 7) is 7.02. The Kier molecular flexibility index (Phi) is 15.2. The molecule has 0 aromatic heterocycles. The second kappa shape index (κ2) is 14.8. The first-order valence-corrected chi connectivity index (χ1v) is 9.41. The van der Waals surface area contributed by atoms with Crippen LogP contribution in [0.1, 0.15) is 84.5 Å².